The Morgan fingerprint density at radius 3 is 2.44 bits per heavy atom. The molecule has 0 bridgehead atoms. The highest BCUT2D eigenvalue weighted by molar-refractivity contribution is 7.89. The maximum atomic E-state index is 15.1. The highest BCUT2D eigenvalue weighted by Crippen LogP contribution is 2.44. The molecular formula is C28H29F2NO2S. The monoisotopic (exact) mass is 481 g/mol. The fourth-order valence-electron chi connectivity index (χ4n) is 5.60. The van der Waals surface area contributed by atoms with Crippen molar-refractivity contribution in [2.75, 3.05) is 6.61 Å². The van der Waals surface area contributed by atoms with Crippen LogP contribution in [0.3, 0.4) is 0 Å². The van der Waals surface area contributed by atoms with Gasteiger partial charge in [0.05, 0.1) is 31.1 Å². The third-order valence-electron chi connectivity index (χ3n) is 7.36. The lowest BCUT2D eigenvalue weighted by atomic mass is 9.82. The summed E-state index contributed by atoms with van der Waals surface area (Å²) in [4.78, 5) is 0.464. The van der Waals surface area contributed by atoms with E-state index in [1.54, 1.807) is 18.2 Å². The topological polar surface area (TPSA) is 35.5 Å². The molecule has 0 amide bonds. The number of benzene rings is 3. The van der Waals surface area contributed by atoms with E-state index in [2.05, 4.69) is 27.7 Å². The van der Waals surface area contributed by atoms with Crippen molar-refractivity contribution in [1.82, 2.24) is 4.31 Å². The predicted octanol–water partition coefficient (Wildman–Crippen LogP) is 6.48. The van der Waals surface area contributed by atoms with Crippen LogP contribution in [0.15, 0.2) is 35.2 Å². The molecule has 2 aliphatic rings. The van der Waals surface area contributed by atoms with Crippen LogP contribution in [0.1, 0.15) is 52.3 Å². The number of ether oxygens (including phenoxy) is 1. The van der Waals surface area contributed by atoms with Crippen LogP contribution in [0.2, 0.25) is 0 Å². The van der Waals surface area contributed by atoms with Gasteiger partial charge in [0.25, 0.3) is 0 Å². The molecule has 0 spiro atoms. The van der Waals surface area contributed by atoms with Gasteiger partial charge in [-0.15, -0.1) is 4.31 Å². The molecule has 0 radical (unpaired) electrons. The first-order chi connectivity index (χ1) is 16.3. The average molecular weight is 482 g/mol. The van der Waals surface area contributed by atoms with Crippen LogP contribution in [-0.2, 0) is 37.3 Å². The van der Waals surface area contributed by atoms with Crippen LogP contribution in [0, 0.1) is 32.4 Å². The van der Waals surface area contributed by atoms with Gasteiger partial charge >= 0.3 is 0 Å². The molecule has 0 aromatic heterocycles. The first-order valence-electron chi connectivity index (χ1n) is 11.8. The molecule has 178 valence electrons. The van der Waals surface area contributed by atoms with Gasteiger partial charge in [0.15, 0.2) is 16.5 Å². The molecule has 1 unspecified atom stereocenters. The van der Waals surface area contributed by atoms with Crippen LogP contribution in [0.5, 0.6) is 5.75 Å². The standard InChI is InChI=1S/C28H29F2NO2S/c1-5-21-16(2)24-14-31(34(32)20-9-6-8-19(29)12-20)15-25(24)18(4)27(21)23-13-26(30)28-22(17(23)3)10-7-11-33-28/h6,8-9,12-13H,5,7,10-11,14-15H2,1-4H3. The molecule has 0 N–H and O–H groups in total. The summed E-state index contributed by atoms with van der Waals surface area (Å²) < 4.78 is 49.7. The Kier molecular flexibility index (Phi) is 6.17. The summed E-state index contributed by atoms with van der Waals surface area (Å²) in [7, 11) is 0. The highest BCUT2D eigenvalue weighted by atomic mass is 32.2. The number of rotatable bonds is 4. The molecule has 0 fully saturated rings. The Morgan fingerprint density at radius 1 is 1.00 bits per heavy atom. The second-order valence-electron chi connectivity index (χ2n) is 9.21. The third-order valence-corrected chi connectivity index (χ3v) is 8.74. The molecule has 3 nitrogen and oxygen atoms in total. The fraction of sp³-hybridized carbons (Fsp3) is 0.357. The van der Waals surface area contributed by atoms with Crippen molar-refractivity contribution in [3.05, 3.63) is 80.9 Å². The van der Waals surface area contributed by atoms with Crippen molar-refractivity contribution in [2.45, 2.75) is 64.9 Å². The lowest BCUT2D eigenvalue weighted by molar-refractivity contribution is 0.273. The van der Waals surface area contributed by atoms with Crippen molar-refractivity contribution in [2.24, 2.45) is 0 Å². The van der Waals surface area contributed by atoms with Gasteiger partial charge in [-0.25, -0.2) is 8.78 Å². The highest BCUT2D eigenvalue weighted by Gasteiger charge is 2.35. The first kappa shape index (κ1) is 23.3. The third kappa shape index (κ3) is 3.72. The predicted molar refractivity (Wildman–Crippen MR) is 131 cm³/mol. The number of nitrogens with zero attached hydrogens (tertiary/aromatic N) is 1. The van der Waals surface area contributed by atoms with Crippen molar-refractivity contribution < 1.29 is 18.1 Å². The summed E-state index contributed by atoms with van der Waals surface area (Å²) in [6, 6.07) is 7.62. The van der Waals surface area contributed by atoms with E-state index in [4.69, 9.17) is 4.74 Å². The Morgan fingerprint density at radius 2 is 1.74 bits per heavy atom. The second-order valence-corrected chi connectivity index (χ2v) is 10.7. The zero-order chi connectivity index (χ0) is 24.1. The quantitative estimate of drug-likeness (QED) is 0.400. The second kappa shape index (κ2) is 8.99. The zero-order valence-corrected chi connectivity index (χ0v) is 20.9. The molecule has 0 saturated heterocycles. The maximum absolute atomic E-state index is 15.1. The van der Waals surface area contributed by atoms with Crippen molar-refractivity contribution >= 4 is 11.4 Å². The van der Waals surface area contributed by atoms with Gasteiger partial charge in [-0.1, -0.05) is 13.0 Å². The molecule has 6 heteroatoms. The van der Waals surface area contributed by atoms with E-state index in [9.17, 15) is 8.94 Å². The molecule has 1 atom stereocenters. The summed E-state index contributed by atoms with van der Waals surface area (Å²) >= 11 is -1.46. The van der Waals surface area contributed by atoms with E-state index < -0.39 is 11.4 Å². The van der Waals surface area contributed by atoms with Crippen LogP contribution in [0.25, 0.3) is 11.1 Å². The molecule has 34 heavy (non-hydrogen) atoms. The molecular weight excluding hydrogens is 452 g/mol. The van der Waals surface area contributed by atoms with E-state index in [0.29, 0.717) is 30.3 Å². The molecule has 2 aliphatic heterocycles. The van der Waals surface area contributed by atoms with Gasteiger partial charge in [-0.05, 0) is 103 Å². The van der Waals surface area contributed by atoms with E-state index in [1.165, 1.54) is 28.8 Å². The van der Waals surface area contributed by atoms with Crippen LogP contribution >= 0.6 is 0 Å². The Labute approximate surface area is 203 Å². The SMILES string of the molecule is CCc1c(C)c2c(c(C)c1-c1cc(F)c3c(c1C)CCCO3)CN([S+]([O-])c1cccc(F)c1)C2. The minimum absolute atomic E-state index is 0.302. The molecule has 0 saturated carbocycles. The molecule has 5 rings (SSSR count). The number of hydrogen-bond donors (Lipinski definition) is 0. The van der Waals surface area contributed by atoms with Crippen molar-refractivity contribution in [3.8, 4) is 16.9 Å². The van der Waals surface area contributed by atoms with Crippen LogP contribution in [0.4, 0.5) is 8.78 Å². The van der Waals surface area contributed by atoms with Crippen molar-refractivity contribution in [3.63, 3.8) is 0 Å². The molecule has 3 aromatic carbocycles. The minimum Gasteiger partial charge on any atom is -0.593 e. The molecule has 0 aliphatic carbocycles. The minimum atomic E-state index is -1.46. The molecule has 3 aromatic rings. The smallest absolute Gasteiger partial charge is 0.177 e. The lowest BCUT2D eigenvalue weighted by Gasteiger charge is -2.25. The summed E-state index contributed by atoms with van der Waals surface area (Å²) in [6.45, 7) is 10.0. The Hall–Kier alpha value is -2.41. The van der Waals surface area contributed by atoms with Crippen molar-refractivity contribution in [1.29, 1.82) is 0 Å². The van der Waals surface area contributed by atoms with Crippen LogP contribution < -0.4 is 4.74 Å². The summed E-state index contributed by atoms with van der Waals surface area (Å²) in [5.41, 5.74) is 9.86. The van der Waals surface area contributed by atoms with Gasteiger partial charge in [0.1, 0.15) is 5.82 Å². The fourth-order valence-corrected chi connectivity index (χ4v) is 6.80. The zero-order valence-electron chi connectivity index (χ0n) is 20.1. The van der Waals surface area contributed by atoms with E-state index in [0.717, 1.165) is 52.6 Å². The lowest BCUT2D eigenvalue weighted by Crippen LogP contribution is -2.25. The largest absolute Gasteiger partial charge is 0.593 e. The Bertz CT molecular complexity index is 1290. The summed E-state index contributed by atoms with van der Waals surface area (Å²) in [5.74, 6) is -0.291. The van der Waals surface area contributed by atoms with Gasteiger partial charge in [0.2, 0.25) is 0 Å². The average Bonchev–Trinajstić information content (AvgIpc) is 3.29. The Balaban J connectivity index is 1.62. The molecule has 2 heterocycles. The van der Waals surface area contributed by atoms with E-state index in [1.807, 2.05) is 4.31 Å². The van der Waals surface area contributed by atoms with Gasteiger partial charge in [-0.2, -0.15) is 0 Å². The first-order valence-corrected chi connectivity index (χ1v) is 12.9. The van der Waals surface area contributed by atoms with Gasteiger partial charge in [0, 0.05) is 11.6 Å². The van der Waals surface area contributed by atoms with E-state index in [-0.39, 0.29) is 11.6 Å². The normalized spacial score (nSPS) is 16.2. The van der Waals surface area contributed by atoms with Gasteiger partial charge < -0.3 is 9.29 Å². The van der Waals surface area contributed by atoms with Gasteiger partial charge in [-0.3, -0.25) is 0 Å². The number of hydrogen-bond acceptors (Lipinski definition) is 3. The van der Waals surface area contributed by atoms with Crippen LogP contribution in [-0.4, -0.2) is 15.5 Å². The summed E-state index contributed by atoms with van der Waals surface area (Å²) in [6.07, 6.45) is 2.52. The summed E-state index contributed by atoms with van der Waals surface area (Å²) in [5, 5.41) is 0. The number of fused-ring (bicyclic) bond motifs is 2. The number of halogens is 2. The maximum Gasteiger partial charge on any atom is 0.177 e. The van der Waals surface area contributed by atoms with E-state index >= 15 is 4.39 Å².